The van der Waals surface area contributed by atoms with E-state index in [0.29, 0.717) is 11.4 Å². The van der Waals surface area contributed by atoms with Gasteiger partial charge in [-0.15, -0.1) is 17.5 Å². The van der Waals surface area contributed by atoms with E-state index in [1.807, 2.05) is 11.8 Å². The molecule has 2 rings (SSSR count). The van der Waals surface area contributed by atoms with E-state index >= 15 is 0 Å². The Morgan fingerprint density at radius 2 is 2.33 bits per heavy atom. The van der Waals surface area contributed by atoms with Gasteiger partial charge >= 0.3 is 0 Å². The average molecular weight is 291 g/mol. The number of aromatic nitrogens is 2. The number of rotatable bonds is 3. The topological polar surface area (TPSA) is 72.1 Å². The number of likely N-dealkylation sites (tertiary alicyclic amines) is 1. The molecule has 0 aromatic carbocycles. The van der Waals surface area contributed by atoms with Gasteiger partial charge in [0, 0.05) is 13.1 Å². The molecule has 2 heterocycles. The summed E-state index contributed by atoms with van der Waals surface area (Å²) in [4.78, 5) is 14.9. The van der Waals surface area contributed by atoms with Crippen LogP contribution in [0.1, 0.15) is 35.6 Å². The lowest BCUT2D eigenvalue weighted by atomic mass is 9.90. The van der Waals surface area contributed by atoms with Crippen molar-refractivity contribution in [2.24, 2.45) is 11.1 Å². The summed E-state index contributed by atoms with van der Waals surface area (Å²) in [6.07, 6.45) is 1.72. The molecule has 0 saturated carbocycles. The molecule has 1 fully saturated rings. The van der Waals surface area contributed by atoms with Gasteiger partial charge in [0.2, 0.25) is 0 Å². The van der Waals surface area contributed by atoms with Crippen LogP contribution >= 0.6 is 23.9 Å². The van der Waals surface area contributed by atoms with E-state index in [4.69, 9.17) is 5.73 Å². The minimum Gasteiger partial charge on any atom is -0.337 e. The van der Waals surface area contributed by atoms with E-state index in [-0.39, 0.29) is 23.7 Å². The molecule has 1 aliphatic heterocycles. The second kappa shape index (κ2) is 5.95. The van der Waals surface area contributed by atoms with Crippen molar-refractivity contribution in [2.45, 2.75) is 26.7 Å². The molecule has 0 radical (unpaired) electrons. The maximum Gasteiger partial charge on any atom is 0.267 e. The monoisotopic (exact) mass is 290 g/mol. The van der Waals surface area contributed by atoms with Crippen molar-refractivity contribution in [1.29, 1.82) is 0 Å². The van der Waals surface area contributed by atoms with Crippen molar-refractivity contribution < 1.29 is 4.79 Å². The zero-order valence-corrected chi connectivity index (χ0v) is 12.3. The van der Waals surface area contributed by atoms with Gasteiger partial charge in [-0.25, -0.2) is 0 Å². The van der Waals surface area contributed by atoms with E-state index in [1.165, 1.54) is 11.5 Å². The molecule has 2 N–H and O–H groups in total. The molecule has 7 heteroatoms. The first-order valence-electron chi connectivity index (χ1n) is 5.90. The highest BCUT2D eigenvalue weighted by atomic mass is 35.5. The summed E-state index contributed by atoms with van der Waals surface area (Å²) in [7, 11) is 0. The van der Waals surface area contributed by atoms with Gasteiger partial charge in [0.15, 0.2) is 0 Å². The Morgan fingerprint density at radius 3 is 2.89 bits per heavy atom. The first-order valence-corrected chi connectivity index (χ1v) is 6.67. The maximum atomic E-state index is 12.3. The Balaban J connectivity index is 0.00000162. The number of carbonyl (C=O) groups is 1. The van der Waals surface area contributed by atoms with Crippen molar-refractivity contribution >= 4 is 29.8 Å². The van der Waals surface area contributed by atoms with Gasteiger partial charge in [0.05, 0.1) is 5.69 Å². The van der Waals surface area contributed by atoms with Crippen LogP contribution in [0, 0.1) is 5.41 Å². The maximum absolute atomic E-state index is 12.3. The fourth-order valence-corrected chi connectivity index (χ4v) is 2.83. The molecule has 1 amide bonds. The number of aryl methyl sites for hydroxylation is 1. The summed E-state index contributed by atoms with van der Waals surface area (Å²) < 4.78 is 3.86. The fourth-order valence-electron chi connectivity index (χ4n) is 2.11. The molecular weight excluding hydrogens is 272 g/mol. The summed E-state index contributed by atoms with van der Waals surface area (Å²) in [5.41, 5.74) is 6.62. The van der Waals surface area contributed by atoms with Crippen molar-refractivity contribution in [3.8, 4) is 0 Å². The van der Waals surface area contributed by atoms with Crippen LogP contribution in [-0.2, 0) is 6.42 Å². The molecule has 1 unspecified atom stereocenters. The largest absolute Gasteiger partial charge is 0.337 e. The van der Waals surface area contributed by atoms with Gasteiger partial charge in [0.1, 0.15) is 4.88 Å². The molecule has 1 aromatic rings. The third kappa shape index (κ3) is 2.81. The summed E-state index contributed by atoms with van der Waals surface area (Å²) in [5, 5.41) is 3.98. The number of nitrogens with two attached hydrogens (primary N) is 1. The predicted octanol–water partition coefficient (Wildman–Crippen LogP) is 1.33. The van der Waals surface area contributed by atoms with Crippen molar-refractivity contribution in [1.82, 2.24) is 14.5 Å². The van der Waals surface area contributed by atoms with E-state index in [0.717, 1.165) is 31.6 Å². The van der Waals surface area contributed by atoms with Gasteiger partial charge in [-0.3, -0.25) is 4.79 Å². The van der Waals surface area contributed by atoms with E-state index in [2.05, 4.69) is 16.5 Å². The molecule has 1 atom stereocenters. The number of hydrogen-bond acceptors (Lipinski definition) is 5. The third-order valence-electron chi connectivity index (χ3n) is 3.42. The lowest BCUT2D eigenvalue weighted by molar-refractivity contribution is 0.0780. The van der Waals surface area contributed by atoms with Crippen molar-refractivity contribution in [3.63, 3.8) is 0 Å². The van der Waals surface area contributed by atoms with Gasteiger partial charge < -0.3 is 10.6 Å². The molecule has 1 saturated heterocycles. The minimum atomic E-state index is 0. The van der Waals surface area contributed by atoms with Crippen LogP contribution in [0.25, 0.3) is 0 Å². The highest BCUT2D eigenvalue weighted by Crippen LogP contribution is 2.30. The molecule has 1 aromatic heterocycles. The molecule has 0 bridgehead atoms. The van der Waals surface area contributed by atoms with Crippen LogP contribution in [0.5, 0.6) is 0 Å². The summed E-state index contributed by atoms with van der Waals surface area (Å²) >= 11 is 1.19. The minimum absolute atomic E-state index is 0. The summed E-state index contributed by atoms with van der Waals surface area (Å²) in [6, 6.07) is 0. The Kier molecular flexibility index (Phi) is 5.07. The predicted molar refractivity (Wildman–Crippen MR) is 74.2 cm³/mol. The molecule has 1 aliphatic rings. The Labute approximate surface area is 117 Å². The third-order valence-corrected chi connectivity index (χ3v) is 4.18. The molecule has 18 heavy (non-hydrogen) atoms. The van der Waals surface area contributed by atoms with Crippen molar-refractivity contribution in [2.75, 3.05) is 19.6 Å². The zero-order valence-electron chi connectivity index (χ0n) is 10.7. The summed E-state index contributed by atoms with van der Waals surface area (Å²) in [6.45, 7) is 6.27. The molecule has 5 nitrogen and oxygen atoms in total. The van der Waals surface area contributed by atoms with E-state index in [1.54, 1.807) is 0 Å². The molecular formula is C11H19ClN4OS. The van der Waals surface area contributed by atoms with Gasteiger partial charge in [-0.05, 0) is 36.3 Å². The second-order valence-electron chi connectivity index (χ2n) is 4.89. The van der Waals surface area contributed by atoms with Crippen LogP contribution in [-0.4, -0.2) is 40.0 Å². The molecule has 102 valence electrons. The van der Waals surface area contributed by atoms with E-state index < -0.39 is 0 Å². The SMILES string of the molecule is CCc1nnsc1C(=O)N1CCC(C)(CN)C1.Cl. The average Bonchev–Trinajstić information content (AvgIpc) is 2.95. The first kappa shape index (κ1) is 15.3. The standard InChI is InChI=1S/C11H18N4OS.ClH/c1-3-8-9(17-14-13-8)10(16)15-5-4-11(2,6-12)7-15;/h3-7,12H2,1-2H3;1H. The van der Waals surface area contributed by atoms with Crippen LogP contribution in [0.2, 0.25) is 0 Å². The second-order valence-corrected chi connectivity index (χ2v) is 5.65. The van der Waals surface area contributed by atoms with Gasteiger partial charge in [0.25, 0.3) is 5.91 Å². The number of hydrogen-bond donors (Lipinski definition) is 1. The normalized spacial score (nSPS) is 22.9. The molecule has 0 aliphatic carbocycles. The Morgan fingerprint density at radius 1 is 1.61 bits per heavy atom. The van der Waals surface area contributed by atoms with Gasteiger partial charge in [-0.1, -0.05) is 18.3 Å². The fraction of sp³-hybridized carbons (Fsp3) is 0.727. The zero-order chi connectivity index (χ0) is 12.5. The van der Waals surface area contributed by atoms with Crippen molar-refractivity contribution in [3.05, 3.63) is 10.6 Å². The number of halogens is 1. The first-order chi connectivity index (χ1) is 8.09. The van der Waals surface area contributed by atoms with Crippen LogP contribution in [0.4, 0.5) is 0 Å². The quantitative estimate of drug-likeness (QED) is 0.912. The van der Waals surface area contributed by atoms with Crippen LogP contribution in [0.3, 0.4) is 0 Å². The van der Waals surface area contributed by atoms with Gasteiger partial charge in [-0.2, -0.15) is 0 Å². The van der Waals surface area contributed by atoms with E-state index in [9.17, 15) is 4.79 Å². The number of nitrogens with zero attached hydrogens (tertiary/aromatic N) is 3. The van der Waals surface area contributed by atoms with Crippen LogP contribution in [0.15, 0.2) is 0 Å². The smallest absolute Gasteiger partial charge is 0.267 e. The number of amides is 1. The lowest BCUT2D eigenvalue weighted by Crippen LogP contribution is -2.34. The molecule has 0 spiro atoms. The lowest BCUT2D eigenvalue weighted by Gasteiger charge is -2.22. The Bertz CT molecular complexity index is 425. The highest BCUT2D eigenvalue weighted by Gasteiger charge is 2.36. The highest BCUT2D eigenvalue weighted by molar-refractivity contribution is 7.08. The number of carbonyl (C=O) groups excluding carboxylic acids is 1. The van der Waals surface area contributed by atoms with Crippen LogP contribution < -0.4 is 5.73 Å². The summed E-state index contributed by atoms with van der Waals surface area (Å²) in [5.74, 6) is 0.0639. The Hall–Kier alpha value is -0.720.